The van der Waals surface area contributed by atoms with Gasteiger partial charge in [0.05, 0.1) is 0 Å². The first-order valence-electron chi connectivity index (χ1n) is 8.33. The molecule has 0 saturated carbocycles. The molecule has 1 aliphatic heterocycles. The van der Waals surface area contributed by atoms with Crippen molar-refractivity contribution in [3.05, 3.63) is 24.3 Å². The highest BCUT2D eigenvalue weighted by molar-refractivity contribution is 5.88. The highest BCUT2D eigenvalue weighted by atomic mass is 16.5. The van der Waals surface area contributed by atoms with Crippen LogP contribution >= 0.6 is 0 Å². The van der Waals surface area contributed by atoms with Crippen molar-refractivity contribution in [1.82, 2.24) is 4.90 Å². The molecule has 0 unspecified atom stereocenters. The number of carbonyl (C=O) groups excluding carboxylic acids is 1. The number of piperidine rings is 1. The van der Waals surface area contributed by atoms with E-state index in [0.29, 0.717) is 24.1 Å². The van der Waals surface area contributed by atoms with Crippen LogP contribution in [0.5, 0.6) is 5.75 Å². The average molecular weight is 320 g/mol. The molecule has 3 atom stereocenters. The number of nitrogens with zero attached hydrogens (tertiary/aromatic N) is 1. The predicted octanol–water partition coefficient (Wildman–Crippen LogP) is 2.36. The maximum absolute atomic E-state index is 11.0. The van der Waals surface area contributed by atoms with E-state index in [0.717, 1.165) is 18.8 Å². The fourth-order valence-corrected chi connectivity index (χ4v) is 3.32. The van der Waals surface area contributed by atoms with Crippen molar-refractivity contribution in [1.29, 1.82) is 0 Å². The average Bonchev–Trinajstić information content (AvgIpc) is 2.45. The van der Waals surface area contributed by atoms with Gasteiger partial charge in [-0.1, -0.05) is 13.8 Å². The van der Waals surface area contributed by atoms with E-state index in [2.05, 4.69) is 24.1 Å². The van der Waals surface area contributed by atoms with E-state index in [1.165, 1.54) is 13.3 Å². The zero-order chi connectivity index (χ0) is 16.8. The van der Waals surface area contributed by atoms with Gasteiger partial charge in [-0.25, -0.2) is 0 Å². The minimum atomic E-state index is -0.498. The molecule has 1 fully saturated rings. The van der Waals surface area contributed by atoms with Crippen LogP contribution in [0, 0.1) is 11.8 Å². The number of hydrogen-bond donors (Lipinski definition) is 2. The topological polar surface area (TPSA) is 61.8 Å². The van der Waals surface area contributed by atoms with Crippen molar-refractivity contribution < 1.29 is 14.6 Å². The van der Waals surface area contributed by atoms with E-state index in [1.807, 2.05) is 0 Å². The van der Waals surface area contributed by atoms with Crippen molar-refractivity contribution in [2.24, 2.45) is 11.8 Å². The fourth-order valence-electron chi connectivity index (χ4n) is 3.32. The minimum absolute atomic E-state index is 0.0981. The van der Waals surface area contributed by atoms with Crippen LogP contribution < -0.4 is 10.1 Å². The number of amides is 1. The molecule has 0 bridgehead atoms. The summed E-state index contributed by atoms with van der Waals surface area (Å²) in [6.45, 7) is 9.03. The highest BCUT2D eigenvalue weighted by Gasteiger charge is 2.23. The summed E-state index contributed by atoms with van der Waals surface area (Å²) in [6.07, 6.45) is 0.770. The van der Waals surface area contributed by atoms with Gasteiger partial charge in [-0.3, -0.25) is 4.79 Å². The fraction of sp³-hybridized carbons (Fsp3) is 0.611. The van der Waals surface area contributed by atoms with Gasteiger partial charge >= 0.3 is 0 Å². The van der Waals surface area contributed by atoms with Gasteiger partial charge in [0.25, 0.3) is 0 Å². The van der Waals surface area contributed by atoms with Gasteiger partial charge in [-0.2, -0.15) is 0 Å². The number of β-amino-alcohol motifs (C(OH)–C–C–N with tert-alkyl or cyclic N) is 1. The molecule has 1 amide bonds. The van der Waals surface area contributed by atoms with Gasteiger partial charge in [0.2, 0.25) is 5.91 Å². The summed E-state index contributed by atoms with van der Waals surface area (Å²) >= 11 is 0. The smallest absolute Gasteiger partial charge is 0.221 e. The number of likely N-dealkylation sites (tertiary alicyclic amines) is 1. The molecule has 1 aromatic carbocycles. The summed E-state index contributed by atoms with van der Waals surface area (Å²) in [5.41, 5.74) is 0.738. The lowest BCUT2D eigenvalue weighted by molar-refractivity contribution is -0.114. The Morgan fingerprint density at radius 1 is 1.30 bits per heavy atom. The van der Waals surface area contributed by atoms with Gasteiger partial charge in [-0.05, 0) is 42.5 Å². The third-order valence-electron chi connectivity index (χ3n) is 4.03. The number of rotatable bonds is 6. The van der Waals surface area contributed by atoms with Crippen LogP contribution in [0.3, 0.4) is 0 Å². The second-order valence-corrected chi connectivity index (χ2v) is 6.83. The first kappa shape index (κ1) is 17.8. The third kappa shape index (κ3) is 6.20. The number of carbonyl (C=O) groups is 1. The Labute approximate surface area is 138 Å². The molecule has 2 N–H and O–H groups in total. The molecule has 1 aliphatic rings. The minimum Gasteiger partial charge on any atom is -0.491 e. The van der Waals surface area contributed by atoms with Gasteiger partial charge in [0.15, 0.2) is 0 Å². The van der Waals surface area contributed by atoms with Gasteiger partial charge in [-0.15, -0.1) is 0 Å². The number of aliphatic hydroxyl groups is 1. The quantitative estimate of drug-likeness (QED) is 0.845. The maximum Gasteiger partial charge on any atom is 0.221 e. The molecular weight excluding hydrogens is 292 g/mol. The van der Waals surface area contributed by atoms with Crippen molar-refractivity contribution in [2.75, 3.05) is 31.6 Å². The van der Waals surface area contributed by atoms with Crippen LogP contribution in [0.2, 0.25) is 0 Å². The van der Waals surface area contributed by atoms with E-state index < -0.39 is 6.10 Å². The van der Waals surface area contributed by atoms with E-state index in [-0.39, 0.29) is 12.5 Å². The molecule has 1 aromatic rings. The second kappa shape index (κ2) is 8.31. The summed E-state index contributed by atoms with van der Waals surface area (Å²) in [4.78, 5) is 13.3. The number of benzene rings is 1. The maximum atomic E-state index is 11.0. The SMILES string of the molecule is CC(=O)Nc1ccc(OC[C@H](O)CN2C[C@H](C)C[C@@H](C)C2)cc1. The van der Waals surface area contributed by atoms with Crippen molar-refractivity contribution >= 4 is 11.6 Å². The summed E-state index contributed by atoms with van der Waals surface area (Å²) in [6, 6.07) is 7.17. The van der Waals surface area contributed by atoms with E-state index >= 15 is 0 Å². The predicted molar refractivity (Wildman–Crippen MR) is 91.6 cm³/mol. The monoisotopic (exact) mass is 320 g/mol. The number of hydrogen-bond acceptors (Lipinski definition) is 4. The molecule has 23 heavy (non-hydrogen) atoms. The van der Waals surface area contributed by atoms with E-state index in [4.69, 9.17) is 4.74 Å². The molecule has 1 heterocycles. The Bertz CT molecular complexity index is 493. The Morgan fingerprint density at radius 3 is 2.48 bits per heavy atom. The van der Waals surface area contributed by atoms with E-state index in [9.17, 15) is 9.90 Å². The van der Waals surface area contributed by atoms with Crippen molar-refractivity contribution in [3.8, 4) is 5.75 Å². The molecule has 1 saturated heterocycles. The normalized spacial score (nSPS) is 23.3. The molecule has 128 valence electrons. The van der Waals surface area contributed by atoms with Crippen molar-refractivity contribution in [2.45, 2.75) is 33.3 Å². The largest absolute Gasteiger partial charge is 0.491 e. The molecule has 0 aliphatic carbocycles. The Balaban J connectivity index is 1.75. The van der Waals surface area contributed by atoms with Crippen LogP contribution in [0.25, 0.3) is 0 Å². The number of nitrogens with one attached hydrogen (secondary N) is 1. The summed E-state index contributed by atoms with van der Waals surface area (Å²) in [5, 5.41) is 12.9. The lowest BCUT2D eigenvalue weighted by Gasteiger charge is -2.35. The van der Waals surface area contributed by atoms with Crippen LogP contribution in [-0.2, 0) is 4.79 Å². The molecular formula is C18H28N2O3. The van der Waals surface area contributed by atoms with Gasteiger partial charge < -0.3 is 20.1 Å². The lowest BCUT2D eigenvalue weighted by atomic mass is 9.92. The molecule has 0 radical (unpaired) electrons. The summed E-state index contributed by atoms with van der Waals surface area (Å²) in [7, 11) is 0. The van der Waals surface area contributed by atoms with Gasteiger partial charge in [0, 0.05) is 32.2 Å². The highest BCUT2D eigenvalue weighted by Crippen LogP contribution is 2.21. The first-order valence-corrected chi connectivity index (χ1v) is 8.33. The number of ether oxygens (including phenoxy) is 1. The van der Waals surface area contributed by atoms with Crippen molar-refractivity contribution in [3.63, 3.8) is 0 Å². The second-order valence-electron chi connectivity index (χ2n) is 6.83. The third-order valence-corrected chi connectivity index (χ3v) is 4.03. The lowest BCUT2D eigenvalue weighted by Crippen LogP contribution is -2.43. The van der Waals surface area contributed by atoms with Crippen LogP contribution in [0.15, 0.2) is 24.3 Å². The molecule has 5 nitrogen and oxygen atoms in total. The molecule has 0 spiro atoms. The van der Waals surface area contributed by atoms with Crippen LogP contribution in [0.1, 0.15) is 27.2 Å². The molecule has 2 rings (SSSR count). The number of anilines is 1. The Kier molecular flexibility index (Phi) is 6.42. The van der Waals surface area contributed by atoms with E-state index in [1.54, 1.807) is 24.3 Å². The Morgan fingerprint density at radius 2 is 1.91 bits per heavy atom. The van der Waals surface area contributed by atoms with Gasteiger partial charge in [0.1, 0.15) is 18.5 Å². The summed E-state index contributed by atoms with van der Waals surface area (Å²) in [5.74, 6) is 1.97. The Hall–Kier alpha value is -1.59. The zero-order valence-corrected chi connectivity index (χ0v) is 14.3. The first-order chi connectivity index (χ1) is 10.9. The van der Waals surface area contributed by atoms with Crippen LogP contribution in [0.4, 0.5) is 5.69 Å². The standard InChI is InChI=1S/C18H28N2O3/c1-13-8-14(2)10-20(9-13)11-17(22)12-23-18-6-4-16(5-7-18)19-15(3)21/h4-7,13-14,17,22H,8-12H2,1-3H3,(H,19,21)/t13-,14-,17-/m1/s1. The molecule has 5 heteroatoms. The zero-order valence-electron chi connectivity index (χ0n) is 14.3. The summed E-state index contributed by atoms with van der Waals surface area (Å²) < 4.78 is 5.63. The molecule has 0 aromatic heterocycles. The van der Waals surface area contributed by atoms with Crippen LogP contribution in [-0.4, -0.2) is 48.3 Å². The number of aliphatic hydroxyl groups excluding tert-OH is 1.